The van der Waals surface area contributed by atoms with Crippen LogP contribution in [0.25, 0.3) is 21.6 Å². The average molecular weight is 397 g/mol. The van der Waals surface area contributed by atoms with Gasteiger partial charge in [-0.1, -0.05) is 58.6 Å². The molecule has 0 spiro atoms. The summed E-state index contributed by atoms with van der Waals surface area (Å²) in [5, 5.41) is 7.91. The number of carbonyl (C=O) groups is 1. The number of carbonyl (C=O) groups excluding carboxylic acids is 1. The molecule has 7 nitrogen and oxygen atoms in total. The molecule has 4 aromatic rings. The molecule has 0 atom stereocenters. The molecule has 0 unspecified atom stereocenters. The summed E-state index contributed by atoms with van der Waals surface area (Å²) in [6.45, 7) is 3.71. The fourth-order valence-corrected chi connectivity index (χ4v) is 3.99. The molecule has 3 aromatic heterocycles. The number of nitrogens with one attached hydrogen (secondary N) is 1. The normalized spacial score (nSPS) is 11.0. The zero-order chi connectivity index (χ0) is 18.8. The lowest BCUT2D eigenvalue weighted by Gasteiger charge is -2.05. The Hall–Kier alpha value is -2.78. The molecule has 0 bridgehead atoms. The van der Waals surface area contributed by atoms with Gasteiger partial charge in [-0.2, -0.15) is 0 Å². The van der Waals surface area contributed by atoms with Gasteiger partial charge in [-0.15, -0.1) is 0 Å². The third-order valence-electron chi connectivity index (χ3n) is 3.62. The van der Waals surface area contributed by atoms with Crippen LogP contribution in [0.4, 0.5) is 5.82 Å². The van der Waals surface area contributed by atoms with Crippen molar-refractivity contribution in [2.75, 3.05) is 11.1 Å². The first-order chi connectivity index (χ1) is 13.1. The van der Waals surface area contributed by atoms with Gasteiger partial charge in [0.25, 0.3) is 0 Å². The van der Waals surface area contributed by atoms with Gasteiger partial charge in [0.1, 0.15) is 21.8 Å². The lowest BCUT2D eigenvalue weighted by Crippen LogP contribution is -2.14. The van der Waals surface area contributed by atoms with Crippen LogP contribution < -0.4 is 5.32 Å². The second-order valence-electron chi connectivity index (χ2n) is 5.77. The van der Waals surface area contributed by atoms with Crippen LogP contribution in [-0.2, 0) is 4.79 Å². The number of anilines is 1. The summed E-state index contributed by atoms with van der Waals surface area (Å²) in [5.41, 5.74) is 2.54. The Labute approximate surface area is 163 Å². The summed E-state index contributed by atoms with van der Waals surface area (Å²) in [4.78, 5) is 26.7. The summed E-state index contributed by atoms with van der Waals surface area (Å²) in [6.07, 6.45) is 0. The van der Waals surface area contributed by atoms with Crippen molar-refractivity contribution in [1.82, 2.24) is 20.1 Å². The quantitative estimate of drug-likeness (QED) is 0.400. The van der Waals surface area contributed by atoms with E-state index in [1.54, 1.807) is 13.0 Å². The smallest absolute Gasteiger partial charge is 0.236 e. The average Bonchev–Trinajstić information content (AvgIpc) is 3.24. The molecule has 9 heteroatoms. The number of aryl methyl sites for hydroxylation is 2. The monoisotopic (exact) mass is 397 g/mol. The topological polar surface area (TPSA) is 93.8 Å². The van der Waals surface area contributed by atoms with Crippen LogP contribution in [0.1, 0.15) is 10.8 Å². The number of fused-ring (bicyclic) bond motifs is 1. The Balaban J connectivity index is 1.57. The van der Waals surface area contributed by atoms with E-state index in [4.69, 9.17) is 4.52 Å². The van der Waals surface area contributed by atoms with Crippen LogP contribution in [0.15, 0.2) is 46.1 Å². The molecular weight excluding hydrogens is 382 g/mol. The molecule has 0 saturated heterocycles. The van der Waals surface area contributed by atoms with E-state index in [1.807, 2.05) is 37.3 Å². The minimum absolute atomic E-state index is 0.170. The highest BCUT2D eigenvalue weighted by molar-refractivity contribution is 7.99. The van der Waals surface area contributed by atoms with E-state index < -0.39 is 0 Å². The molecule has 4 rings (SSSR count). The van der Waals surface area contributed by atoms with Crippen LogP contribution >= 0.6 is 23.1 Å². The minimum atomic E-state index is -0.196. The van der Waals surface area contributed by atoms with E-state index in [9.17, 15) is 4.79 Å². The molecule has 136 valence electrons. The highest BCUT2D eigenvalue weighted by atomic mass is 32.2. The highest BCUT2D eigenvalue weighted by Crippen LogP contribution is 2.31. The van der Waals surface area contributed by atoms with Crippen LogP contribution in [-0.4, -0.2) is 31.8 Å². The van der Waals surface area contributed by atoms with Crippen molar-refractivity contribution in [2.24, 2.45) is 0 Å². The number of aromatic nitrogens is 4. The Bertz CT molecular complexity index is 1110. The molecule has 1 amide bonds. The number of thiazole rings is 1. The Morgan fingerprint density at radius 3 is 2.74 bits per heavy atom. The van der Waals surface area contributed by atoms with Crippen LogP contribution in [0.2, 0.25) is 0 Å². The predicted molar refractivity (Wildman–Crippen MR) is 106 cm³/mol. The molecule has 0 radical (unpaired) electrons. The minimum Gasteiger partial charge on any atom is -0.360 e. The molecule has 0 aliphatic rings. The van der Waals surface area contributed by atoms with Gasteiger partial charge in [0.05, 0.1) is 10.8 Å². The number of hydrogen-bond acceptors (Lipinski definition) is 8. The van der Waals surface area contributed by atoms with E-state index in [0.717, 1.165) is 26.6 Å². The van der Waals surface area contributed by atoms with Crippen molar-refractivity contribution in [3.05, 3.63) is 47.2 Å². The summed E-state index contributed by atoms with van der Waals surface area (Å²) >= 11 is 2.79. The fourth-order valence-electron chi connectivity index (χ4n) is 2.50. The van der Waals surface area contributed by atoms with Crippen LogP contribution in [0.5, 0.6) is 0 Å². The first kappa shape index (κ1) is 17.6. The third kappa shape index (κ3) is 3.99. The highest BCUT2D eigenvalue weighted by Gasteiger charge is 2.15. The summed E-state index contributed by atoms with van der Waals surface area (Å²) in [7, 11) is 0. The molecule has 0 aliphatic heterocycles. The number of thioether (sulfide) groups is 1. The molecule has 1 aromatic carbocycles. The van der Waals surface area contributed by atoms with E-state index in [-0.39, 0.29) is 11.7 Å². The lowest BCUT2D eigenvalue weighted by molar-refractivity contribution is -0.113. The zero-order valence-corrected chi connectivity index (χ0v) is 16.2. The molecular formula is C18H15N5O2S2. The van der Waals surface area contributed by atoms with Gasteiger partial charge in [0.2, 0.25) is 5.91 Å². The zero-order valence-electron chi connectivity index (χ0n) is 14.6. The van der Waals surface area contributed by atoms with E-state index in [1.165, 1.54) is 23.1 Å². The number of nitrogens with zero attached hydrogens (tertiary/aromatic N) is 4. The van der Waals surface area contributed by atoms with Gasteiger partial charge in [0.15, 0.2) is 11.0 Å². The fraction of sp³-hybridized carbons (Fsp3) is 0.167. The molecule has 0 saturated carbocycles. The van der Waals surface area contributed by atoms with Gasteiger partial charge in [0, 0.05) is 11.6 Å². The SMILES string of the molecule is Cc1cc(NC(=O)CSc2nc(-c3ccccc3)c3nc(C)sc3n2)no1. The van der Waals surface area contributed by atoms with Gasteiger partial charge < -0.3 is 9.84 Å². The van der Waals surface area contributed by atoms with Crippen LogP contribution in [0, 0.1) is 13.8 Å². The first-order valence-corrected chi connectivity index (χ1v) is 9.95. The van der Waals surface area contributed by atoms with Crippen LogP contribution in [0.3, 0.4) is 0 Å². The van der Waals surface area contributed by atoms with Crippen molar-refractivity contribution >= 4 is 45.2 Å². The number of rotatable bonds is 5. The maximum Gasteiger partial charge on any atom is 0.236 e. The van der Waals surface area contributed by atoms with Gasteiger partial charge >= 0.3 is 0 Å². The maximum atomic E-state index is 12.1. The second-order valence-corrected chi connectivity index (χ2v) is 7.89. The summed E-state index contributed by atoms with van der Waals surface area (Å²) < 4.78 is 4.94. The summed E-state index contributed by atoms with van der Waals surface area (Å²) in [5.74, 6) is 1.01. The van der Waals surface area contributed by atoms with Crippen molar-refractivity contribution in [3.8, 4) is 11.3 Å². The third-order valence-corrected chi connectivity index (χ3v) is 5.33. The molecule has 1 N–H and O–H groups in total. The Morgan fingerprint density at radius 1 is 1.19 bits per heavy atom. The van der Waals surface area contributed by atoms with Crippen molar-refractivity contribution in [2.45, 2.75) is 19.0 Å². The molecule has 0 fully saturated rings. The Kier molecular flexibility index (Phi) is 4.87. The Morgan fingerprint density at radius 2 is 2.00 bits per heavy atom. The van der Waals surface area contributed by atoms with E-state index >= 15 is 0 Å². The number of hydrogen-bond donors (Lipinski definition) is 1. The van der Waals surface area contributed by atoms with Gasteiger partial charge in [-0.05, 0) is 13.8 Å². The molecule has 27 heavy (non-hydrogen) atoms. The second kappa shape index (κ2) is 7.45. The van der Waals surface area contributed by atoms with E-state index in [2.05, 4.69) is 25.4 Å². The standard InChI is InChI=1S/C18H15N5O2S2/c1-10-8-13(23-25-10)20-14(24)9-26-18-21-15(12-6-4-3-5-7-12)16-17(22-18)27-11(2)19-16/h3-8H,9H2,1-2H3,(H,20,23,24). The van der Waals surface area contributed by atoms with Crippen molar-refractivity contribution in [3.63, 3.8) is 0 Å². The lowest BCUT2D eigenvalue weighted by atomic mass is 10.1. The first-order valence-electron chi connectivity index (χ1n) is 8.15. The van der Waals surface area contributed by atoms with Crippen molar-refractivity contribution in [1.29, 1.82) is 0 Å². The van der Waals surface area contributed by atoms with Crippen molar-refractivity contribution < 1.29 is 9.32 Å². The number of benzene rings is 1. The predicted octanol–water partition coefficient (Wildman–Crippen LogP) is 4.09. The maximum absolute atomic E-state index is 12.1. The number of amides is 1. The van der Waals surface area contributed by atoms with Gasteiger partial charge in [-0.25, -0.2) is 15.0 Å². The largest absolute Gasteiger partial charge is 0.360 e. The summed E-state index contributed by atoms with van der Waals surface area (Å²) in [6, 6.07) is 11.5. The van der Waals surface area contributed by atoms with E-state index in [0.29, 0.717) is 16.7 Å². The molecule has 3 heterocycles. The van der Waals surface area contributed by atoms with Gasteiger partial charge in [-0.3, -0.25) is 4.79 Å². The molecule has 0 aliphatic carbocycles.